The molecule has 0 saturated heterocycles. The number of rotatable bonds is 3. The van der Waals surface area contributed by atoms with Gasteiger partial charge in [0, 0.05) is 24.2 Å². The molecule has 6 nitrogen and oxygen atoms in total. The lowest BCUT2D eigenvalue weighted by atomic mass is 9.88. The van der Waals surface area contributed by atoms with Crippen LogP contribution in [0.15, 0.2) is 41.3 Å². The Kier molecular flexibility index (Phi) is 4.50. The second-order valence-electron chi connectivity index (χ2n) is 6.68. The minimum absolute atomic E-state index is 0.185. The van der Waals surface area contributed by atoms with Crippen LogP contribution in [0, 0.1) is 0 Å². The Labute approximate surface area is 153 Å². The summed E-state index contributed by atoms with van der Waals surface area (Å²) < 4.78 is 39.9. The van der Waals surface area contributed by atoms with Crippen LogP contribution >= 0.6 is 0 Å². The predicted molar refractivity (Wildman–Crippen MR) is 98.9 cm³/mol. The summed E-state index contributed by atoms with van der Waals surface area (Å²) in [6.07, 6.45) is 3.38. The molecule has 1 aliphatic carbocycles. The third kappa shape index (κ3) is 3.37. The standard InChI is InChI=1S/C19H22N2O4S/c20-14-5-7-16-13(11-14)3-1-4-17(16)21-26(22,23)15-6-8-18-19(12-15)25-10-2-9-24-18/h5-8,11-12,17,21H,1-4,9-10,20H2. The zero-order chi connectivity index (χ0) is 18.1. The fourth-order valence-corrected chi connectivity index (χ4v) is 4.79. The van der Waals surface area contributed by atoms with Crippen LogP contribution in [0.2, 0.25) is 0 Å². The summed E-state index contributed by atoms with van der Waals surface area (Å²) >= 11 is 0. The van der Waals surface area contributed by atoms with Crippen molar-refractivity contribution in [3.05, 3.63) is 47.5 Å². The van der Waals surface area contributed by atoms with Gasteiger partial charge < -0.3 is 15.2 Å². The van der Waals surface area contributed by atoms with Crippen molar-refractivity contribution in [2.24, 2.45) is 0 Å². The van der Waals surface area contributed by atoms with Crippen LogP contribution < -0.4 is 19.9 Å². The molecule has 1 unspecified atom stereocenters. The molecule has 2 aromatic carbocycles. The maximum absolute atomic E-state index is 12.9. The molecule has 2 aromatic rings. The van der Waals surface area contributed by atoms with Crippen molar-refractivity contribution in [3.8, 4) is 11.5 Å². The molecule has 0 fully saturated rings. The van der Waals surface area contributed by atoms with E-state index in [2.05, 4.69) is 4.72 Å². The topological polar surface area (TPSA) is 90.7 Å². The molecule has 3 N–H and O–H groups in total. The highest BCUT2D eigenvalue weighted by molar-refractivity contribution is 7.89. The second-order valence-corrected chi connectivity index (χ2v) is 8.40. The Bertz CT molecular complexity index is 927. The molecule has 1 aliphatic heterocycles. The van der Waals surface area contributed by atoms with Gasteiger partial charge in [-0.2, -0.15) is 0 Å². The van der Waals surface area contributed by atoms with Crippen molar-refractivity contribution in [2.45, 2.75) is 36.6 Å². The average Bonchev–Trinajstić information content (AvgIpc) is 2.86. The molecule has 0 radical (unpaired) electrons. The lowest BCUT2D eigenvalue weighted by Gasteiger charge is -2.26. The van der Waals surface area contributed by atoms with E-state index in [-0.39, 0.29) is 10.9 Å². The van der Waals surface area contributed by atoms with E-state index in [1.165, 1.54) is 6.07 Å². The molecule has 1 atom stereocenters. The number of nitrogen functional groups attached to an aromatic ring is 1. The molecule has 0 spiro atoms. The highest BCUT2D eigenvalue weighted by atomic mass is 32.2. The quantitative estimate of drug-likeness (QED) is 0.806. The summed E-state index contributed by atoms with van der Waals surface area (Å²) in [7, 11) is -3.67. The van der Waals surface area contributed by atoms with Gasteiger partial charge in [-0.05, 0) is 54.7 Å². The van der Waals surface area contributed by atoms with Crippen molar-refractivity contribution in [1.29, 1.82) is 0 Å². The third-order valence-corrected chi connectivity index (χ3v) is 6.28. The number of benzene rings is 2. The van der Waals surface area contributed by atoms with Crippen LogP contribution in [-0.4, -0.2) is 21.6 Å². The number of nitrogens with two attached hydrogens (primary N) is 1. The van der Waals surface area contributed by atoms with Crippen LogP contribution in [-0.2, 0) is 16.4 Å². The summed E-state index contributed by atoms with van der Waals surface area (Å²) in [6, 6.07) is 10.2. The molecule has 4 rings (SSSR count). The fourth-order valence-electron chi connectivity index (χ4n) is 3.52. The van der Waals surface area contributed by atoms with Gasteiger partial charge in [-0.3, -0.25) is 0 Å². The summed E-state index contributed by atoms with van der Waals surface area (Å²) in [6.45, 7) is 1.08. The summed E-state index contributed by atoms with van der Waals surface area (Å²) in [5.74, 6) is 1.06. The van der Waals surface area contributed by atoms with Crippen LogP contribution in [0.25, 0.3) is 0 Å². The zero-order valence-corrected chi connectivity index (χ0v) is 15.2. The molecule has 138 valence electrons. The minimum Gasteiger partial charge on any atom is -0.490 e. The summed E-state index contributed by atoms with van der Waals surface area (Å²) in [5, 5.41) is 0. The number of fused-ring (bicyclic) bond motifs is 2. The third-order valence-electron chi connectivity index (χ3n) is 4.81. The number of anilines is 1. The van der Waals surface area contributed by atoms with Crippen molar-refractivity contribution in [3.63, 3.8) is 0 Å². The molecule has 0 bridgehead atoms. The van der Waals surface area contributed by atoms with Gasteiger partial charge in [0.2, 0.25) is 10.0 Å². The normalized spacial score (nSPS) is 19.5. The molecule has 26 heavy (non-hydrogen) atoms. The van der Waals surface area contributed by atoms with E-state index in [9.17, 15) is 8.42 Å². The van der Waals surface area contributed by atoms with E-state index >= 15 is 0 Å². The number of aryl methyl sites for hydroxylation is 1. The maximum Gasteiger partial charge on any atom is 0.241 e. The van der Waals surface area contributed by atoms with E-state index in [4.69, 9.17) is 15.2 Å². The van der Waals surface area contributed by atoms with Crippen LogP contribution in [0.1, 0.15) is 36.4 Å². The lowest BCUT2D eigenvalue weighted by molar-refractivity contribution is 0.297. The van der Waals surface area contributed by atoms with Gasteiger partial charge in [-0.1, -0.05) is 6.07 Å². The molecule has 0 amide bonds. The number of hydrogen-bond donors (Lipinski definition) is 2. The first kappa shape index (κ1) is 17.2. The number of sulfonamides is 1. The van der Waals surface area contributed by atoms with Gasteiger partial charge in [-0.15, -0.1) is 0 Å². The molecule has 0 saturated carbocycles. The van der Waals surface area contributed by atoms with Gasteiger partial charge in [0.15, 0.2) is 11.5 Å². The fraction of sp³-hybridized carbons (Fsp3) is 0.368. The predicted octanol–water partition coefficient (Wildman–Crippen LogP) is 2.79. The van der Waals surface area contributed by atoms with Gasteiger partial charge in [0.05, 0.1) is 18.1 Å². The van der Waals surface area contributed by atoms with E-state index in [0.29, 0.717) is 30.4 Å². The highest BCUT2D eigenvalue weighted by Gasteiger charge is 2.27. The average molecular weight is 374 g/mol. The van der Waals surface area contributed by atoms with Gasteiger partial charge in [0.25, 0.3) is 0 Å². The summed E-state index contributed by atoms with van der Waals surface area (Å²) in [5.41, 5.74) is 8.68. The van der Waals surface area contributed by atoms with E-state index in [1.54, 1.807) is 12.1 Å². The van der Waals surface area contributed by atoms with Crippen molar-refractivity contribution in [1.82, 2.24) is 4.72 Å². The van der Waals surface area contributed by atoms with Crippen molar-refractivity contribution in [2.75, 3.05) is 18.9 Å². The molecule has 2 aliphatic rings. The van der Waals surface area contributed by atoms with Crippen molar-refractivity contribution >= 4 is 15.7 Å². The van der Waals surface area contributed by atoms with Gasteiger partial charge in [0.1, 0.15) is 0 Å². The van der Waals surface area contributed by atoms with Gasteiger partial charge >= 0.3 is 0 Å². The molecular weight excluding hydrogens is 352 g/mol. The molecule has 1 heterocycles. The Morgan fingerprint density at radius 3 is 2.65 bits per heavy atom. The van der Waals surface area contributed by atoms with Gasteiger partial charge in [-0.25, -0.2) is 13.1 Å². The van der Waals surface area contributed by atoms with E-state index in [1.807, 2.05) is 18.2 Å². The zero-order valence-electron chi connectivity index (χ0n) is 14.4. The Hall–Kier alpha value is -2.25. The highest BCUT2D eigenvalue weighted by Crippen LogP contribution is 2.34. The Balaban J connectivity index is 1.62. The molecule has 7 heteroatoms. The Morgan fingerprint density at radius 1 is 1.00 bits per heavy atom. The Morgan fingerprint density at radius 2 is 1.81 bits per heavy atom. The van der Waals surface area contributed by atoms with E-state index in [0.717, 1.165) is 36.8 Å². The van der Waals surface area contributed by atoms with Crippen LogP contribution in [0.4, 0.5) is 5.69 Å². The molecular formula is C19H22N2O4S. The minimum atomic E-state index is -3.67. The smallest absolute Gasteiger partial charge is 0.241 e. The lowest BCUT2D eigenvalue weighted by Crippen LogP contribution is -2.31. The largest absolute Gasteiger partial charge is 0.490 e. The SMILES string of the molecule is Nc1ccc2c(c1)CCCC2NS(=O)(=O)c1ccc2c(c1)OCCCO2. The summed E-state index contributed by atoms with van der Waals surface area (Å²) in [4.78, 5) is 0.185. The first-order valence-electron chi connectivity index (χ1n) is 8.83. The number of hydrogen-bond acceptors (Lipinski definition) is 5. The van der Waals surface area contributed by atoms with Crippen LogP contribution in [0.5, 0.6) is 11.5 Å². The second kappa shape index (κ2) is 6.81. The first-order chi connectivity index (χ1) is 12.5. The maximum atomic E-state index is 12.9. The van der Waals surface area contributed by atoms with E-state index < -0.39 is 10.0 Å². The first-order valence-corrected chi connectivity index (χ1v) is 10.3. The monoisotopic (exact) mass is 374 g/mol. The van der Waals surface area contributed by atoms with Crippen LogP contribution in [0.3, 0.4) is 0 Å². The van der Waals surface area contributed by atoms with Crippen molar-refractivity contribution < 1.29 is 17.9 Å². The number of ether oxygens (including phenoxy) is 2. The number of nitrogens with one attached hydrogen (secondary N) is 1. The molecule has 0 aromatic heterocycles.